The summed E-state index contributed by atoms with van der Waals surface area (Å²) in [6.07, 6.45) is 3.35. The molecule has 1 heterocycles. The average molecular weight is 157 g/mol. The Hall–Kier alpha value is -0.380. The van der Waals surface area contributed by atoms with Crippen molar-refractivity contribution >= 4 is 0 Å². The Morgan fingerprint density at radius 1 is 1.73 bits per heavy atom. The van der Waals surface area contributed by atoms with Crippen LogP contribution in [-0.4, -0.2) is 19.3 Å². The molecule has 1 rings (SSSR count). The molecule has 0 amide bonds. The van der Waals surface area contributed by atoms with E-state index in [4.69, 9.17) is 10.6 Å². The van der Waals surface area contributed by atoms with Gasteiger partial charge in [-0.1, -0.05) is 6.58 Å². The number of hydrogen-bond acceptors (Lipinski definition) is 3. The number of hydrogen-bond donors (Lipinski definition) is 1. The van der Waals surface area contributed by atoms with Crippen LogP contribution in [0.5, 0.6) is 0 Å². The van der Waals surface area contributed by atoms with Gasteiger partial charge in [0, 0.05) is 0 Å². The fourth-order valence-electron chi connectivity index (χ4n) is 1.26. The zero-order valence-corrected chi connectivity index (χ0v) is 6.71. The summed E-state index contributed by atoms with van der Waals surface area (Å²) in [5, 5.41) is 0. The van der Waals surface area contributed by atoms with E-state index in [0.717, 1.165) is 25.9 Å². The van der Waals surface area contributed by atoms with Gasteiger partial charge in [0.25, 0.3) is 0 Å². The van der Waals surface area contributed by atoms with Gasteiger partial charge in [0.15, 0.2) is 0 Å². The molecule has 0 spiro atoms. The van der Waals surface area contributed by atoms with E-state index >= 15 is 0 Å². The Bertz CT molecular complexity index is 136. The minimum atomic E-state index is 0.359. The van der Waals surface area contributed by atoms with Crippen LogP contribution in [0.2, 0.25) is 0 Å². The molecule has 1 fully saturated rings. The lowest BCUT2D eigenvalue weighted by atomic mass is 10.1. The predicted octanol–water partition coefficient (Wildman–Crippen LogP) is 1.00. The van der Waals surface area contributed by atoms with Gasteiger partial charge in [-0.2, -0.15) is 0 Å². The first-order valence-corrected chi connectivity index (χ1v) is 3.93. The van der Waals surface area contributed by atoms with E-state index in [9.17, 15) is 0 Å². The Morgan fingerprint density at radius 2 is 2.55 bits per heavy atom. The van der Waals surface area contributed by atoms with Crippen molar-refractivity contribution in [3.05, 3.63) is 12.2 Å². The molecule has 3 heteroatoms. The van der Waals surface area contributed by atoms with E-state index in [-0.39, 0.29) is 0 Å². The van der Waals surface area contributed by atoms with Gasteiger partial charge >= 0.3 is 0 Å². The maximum atomic E-state index is 5.42. The molecule has 1 atom stereocenters. The molecule has 2 N–H and O–H groups in total. The molecular weight excluding hydrogens is 142 g/mol. The molecule has 0 unspecified atom stereocenters. The topological polar surface area (TPSA) is 44.5 Å². The molecule has 0 radical (unpaired) electrons. The number of rotatable bonds is 4. The summed E-state index contributed by atoms with van der Waals surface area (Å²) in [4.78, 5) is 4.45. The van der Waals surface area contributed by atoms with Crippen LogP contribution in [0.1, 0.15) is 19.3 Å². The second-order valence-corrected chi connectivity index (χ2v) is 2.90. The van der Waals surface area contributed by atoms with Crippen LogP contribution < -0.4 is 5.90 Å². The maximum absolute atomic E-state index is 5.42. The summed E-state index contributed by atoms with van der Waals surface area (Å²) in [6.45, 7) is 5.20. The van der Waals surface area contributed by atoms with Gasteiger partial charge in [-0.05, 0) is 24.8 Å². The summed E-state index contributed by atoms with van der Waals surface area (Å²) in [5.41, 5.74) is 1.20. The standard InChI is InChI=1S/C8H15NO2/c1-7-5-8(10-6-7)3-2-4-11-9/h8H,1-6,9H2/t8-/m0/s1. The summed E-state index contributed by atoms with van der Waals surface area (Å²) in [6, 6.07) is 0. The first kappa shape index (κ1) is 8.71. The van der Waals surface area contributed by atoms with Gasteiger partial charge in [0.05, 0.1) is 19.3 Å². The van der Waals surface area contributed by atoms with Crippen LogP contribution in [0, 0.1) is 0 Å². The monoisotopic (exact) mass is 157 g/mol. The van der Waals surface area contributed by atoms with Gasteiger partial charge in [0.1, 0.15) is 0 Å². The van der Waals surface area contributed by atoms with Gasteiger partial charge in [0.2, 0.25) is 0 Å². The molecule has 0 aromatic heterocycles. The Kier molecular flexibility index (Phi) is 3.56. The molecule has 0 aromatic rings. The third kappa shape index (κ3) is 3.01. The summed E-state index contributed by atoms with van der Waals surface area (Å²) < 4.78 is 5.42. The van der Waals surface area contributed by atoms with Gasteiger partial charge in [-0.25, -0.2) is 5.90 Å². The third-order valence-electron chi connectivity index (χ3n) is 1.83. The highest BCUT2D eigenvalue weighted by Crippen LogP contribution is 2.20. The zero-order chi connectivity index (χ0) is 8.10. The highest BCUT2D eigenvalue weighted by Gasteiger charge is 2.17. The third-order valence-corrected chi connectivity index (χ3v) is 1.83. The zero-order valence-electron chi connectivity index (χ0n) is 6.71. The molecule has 0 bridgehead atoms. The van der Waals surface area contributed by atoms with Crippen molar-refractivity contribution in [1.82, 2.24) is 0 Å². The summed E-state index contributed by atoms with van der Waals surface area (Å²) >= 11 is 0. The minimum Gasteiger partial charge on any atom is -0.374 e. The van der Waals surface area contributed by atoms with Crippen molar-refractivity contribution in [3.8, 4) is 0 Å². The Labute approximate surface area is 67.1 Å². The lowest BCUT2D eigenvalue weighted by Crippen LogP contribution is -2.08. The number of ether oxygens (including phenoxy) is 1. The SMILES string of the molecule is C=C1CO[C@@H](CCCON)C1. The van der Waals surface area contributed by atoms with Crippen molar-refractivity contribution in [1.29, 1.82) is 0 Å². The van der Waals surface area contributed by atoms with Gasteiger partial charge in [-0.3, -0.25) is 0 Å². The molecule has 11 heavy (non-hydrogen) atoms. The molecule has 1 aliphatic heterocycles. The van der Waals surface area contributed by atoms with Crippen molar-refractivity contribution < 1.29 is 9.57 Å². The minimum absolute atomic E-state index is 0.359. The Morgan fingerprint density at radius 3 is 3.09 bits per heavy atom. The summed E-state index contributed by atoms with van der Waals surface area (Å²) in [5.74, 6) is 4.88. The predicted molar refractivity (Wildman–Crippen MR) is 42.9 cm³/mol. The maximum Gasteiger partial charge on any atom is 0.0680 e. The van der Waals surface area contributed by atoms with Crippen molar-refractivity contribution in [2.45, 2.75) is 25.4 Å². The van der Waals surface area contributed by atoms with E-state index in [1.165, 1.54) is 5.57 Å². The molecule has 64 valence electrons. The van der Waals surface area contributed by atoms with Crippen molar-refractivity contribution in [3.63, 3.8) is 0 Å². The van der Waals surface area contributed by atoms with E-state index < -0.39 is 0 Å². The van der Waals surface area contributed by atoms with Crippen LogP contribution in [0.4, 0.5) is 0 Å². The molecule has 1 aliphatic rings. The van der Waals surface area contributed by atoms with E-state index in [1.54, 1.807) is 0 Å². The van der Waals surface area contributed by atoms with Crippen LogP contribution in [0.15, 0.2) is 12.2 Å². The second-order valence-electron chi connectivity index (χ2n) is 2.90. The quantitative estimate of drug-likeness (QED) is 0.376. The average Bonchev–Trinajstić information content (AvgIpc) is 2.37. The van der Waals surface area contributed by atoms with Crippen LogP contribution in [0.3, 0.4) is 0 Å². The highest BCUT2D eigenvalue weighted by molar-refractivity contribution is 5.01. The first-order chi connectivity index (χ1) is 5.33. The Balaban J connectivity index is 2.04. The molecule has 3 nitrogen and oxygen atoms in total. The largest absolute Gasteiger partial charge is 0.374 e. The molecule has 1 saturated heterocycles. The van der Waals surface area contributed by atoms with E-state index in [2.05, 4.69) is 11.4 Å². The van der Waals surface area contributed by atoms with Crippen LogP contribution in [0.25, 0.3) is 0 Å². The molecule has 0 saturated carbocycles. The lowest BCUT2D eigenvalue weighted by molar-refractivity contribution is 0.0836. The van der Waals surface area contributed by atoms with Gasteiger partial charge < -0.3 is 9.57 Å². The van der Waals surface area contributed by atoms with E-state index in [0.29, 0.717) is 12.7 Å². The number of nitrogens with two attached hydrogens (primary N) is 1. The van der Waals surface area contributed by atoms with Gasteiger partial charge in [-0.15, -0.1) is 0 Å². The fourth-order valence-corrected chi connectivity index (χ4v) is 1.26. The summed E-state index contributed by atoms with van der Waals surface area (Å²) in [7, 11) is 0. The van der Waals surface area contributed by atoms with Crippen LogP contribution in [-0.2, 0) is 9.57 Å². The smallest absolute Gasteiger partial charge is 0.0680 e. The van der Waals surface area contributed by atoms with Crippen LogP contribution >= 0.6 is 0 Å². The molecule has 0 aromatic carbocycles. The molecular formula is C8H15NO2. The fraction of sp³-hybridized carbons (Fsp3) is 0.750. The lowest BCUT2D eigenvalue weighted by Gasteiger charge is -2.06. The highest BCUT2D eigenvalue weighted by atomic mass is 16.6. The van der Waals surface area contributed by atoms with E-state index in [1.807, 2.05) is 0 Å². The molecule has 0 aliphatic carbocycles. The van der Waals surface area contributed by atoms with Crippen molar-refractivity contribution in [2.75, 3.05) is 13.2 Å². The normalized spacial score (nSPS) is 24.5. The van der Waals surface area contributed by atoms with Crippen molar-refractivity contribution in [2.24, 2.45) is 5.90 Å². The first-order valence-electron chi connectivity index (χ1n) is 3.93. The second kappa shape index (κ2) is 4.49.